The van der Waals surface area contributed by atoms with Crippen molar-refractivity contribution in [3.8, 4) is 5.75 Å². The quantitative estimate of drug-likeness (QED) is 0.844. The van der Waals surface area contributed by atoms with E-state index in [1.165, 1.54) is 4.80 Å². The van der Waals surface area contributed by atoms with Gasteiger partial charge in [-0.1, -0.05) is 18.2 Å². The van der Waals surface area contributed by atoms with Gasteiger partial charge in [0.05, 0.1) is 13.7 Å². The van der Waals surface area contributed by atoms with Gasteiger partial charge in [0.15, 0.2) is 5.82 Å². The highest BCUT2D eigenvalue weighted by Crippen LogP contribution is 2.26. The zero-order valence-electron chi connectivity index (χ0n) is 11.5. The van der Waals surface area contributed by atoms with Gasteiger partial charge in [0.1, 0.15) is 5.75 Å². The van der Waals surface area contributed by atoms with Crippen molar-refractivity contribution in [2.75, 3.05) is 13.7 Å². The van der Waals surface area contributed by atoms with Crippen molar-refractivity contribution in [1.82, 2.24) is 25.5 Å². The predicted octanol–water partition coefficient (Wildman–Crippen LogP) is 1.11. The van der Waals surface area contributed by atoms with Crippen LogP contribution < -0.4 is 10.1 Å². The largest absolute Gasteiger partial charge is 0.494 e. The van der Waals surface area contributed by atoms with Crippen molar-refractivity contribution >= 4 is 0 Å². The highest BCUT2D eigenvalue weighted by molar-refractivity contribution is 5.36. The molecule has 6 heteroatoms. The van der Waals surface area contributed by atoms with Crippen molar-refractivity contribution in [3.05, 3.63) is 35.7 Å². The Morgan fingerprint density at radius 2 is 2.16 bits per heavy atom. The first-order chi connectivity index (χ1) is 9.24. The van der Waals surface area contributed by atoms with Gasteiger partial charge < -0.3 is 10.1 Å². The van der Waals surface area contributed by atoms with Crippen LogP contribution in [0.4, 0.5) is 0 Å². The van der Waals surface area contributed by atoms with Gasteiger partial charge in [-0.2, -0.15) is 4.80 Å². The lowest BCUT2D eigenvalue weighted by Gasteiger charge is -2.18. The summed E-state index contributed by atoms with van der Waals surface area (Å²) in [5.41, 5.74) is 1.11. The second-order valence-corrected chi connectivity index (χ2v) is 4.21. The van der Waals surface area contributed by atoms with Crippen LogP contribution >= 0.6 is 0 Å². The Morgan fingerprint density at radius 3 is 2.79 bits per heavy atom. The number of rotatable bonds is 6. The van der Waals surface area contributed by atoms with Crippen molar-refractivity contribution in [2.45, 2.75) is 19.4 Å². The minimum atomic E-state index is 0.104. The summed E-state index contributed by atoms with van der Waals surface area (Å²) in [6.07, 6.45) is 0.675. The zero-order chi connectivity index (χ0) is 13.7. The van der Waals surface area contributed by atoms with E-state index < -0.39 is 0 Å². The topological polar surface area (TPSA) is 64.9 Å². The van der Waals surface area contributed by atoms with Crippen LogP contribution in [0.15, 0.2) is 24.3 Å². The van der Waals surface area contributed by atoms with Gasteiger partial charge >= 0.3 is 0 Å². The van der Waals surface area contributed by atoms with Crippen LogP contribution in [-0.4, -0.2) is 33.9 Å². The monoisotopic (exact) mass is 261 g/mol. The lowest BCUT2D eigenvalue weighted by atomic mass is 10.0. The second-order valence-electron chi connectivity index (χ2n) is 4.21. The van der Waals surface area contributed by atoms with E-state index >= 15 is 0 Å². The SMILES string of the molecule is CCOc1ccccc1C(Cc1nnn(C)n1)NC. The molecule has 0 saturated carbocycles. The Morgan fingerprint density at radius 1 is 1.37 bits per heavy atom. The summed E-state index contributed by atoms with van der Waals surface area (Å²) in [7, 11) is 3.68. The van der Waals surface area contributed by atoms with E-state index in [0.29, 0.717) is 18.9 Å². The number of aromatic nitrogens is 4. The minimum absolute atomic E-state index is 0.104. The maximum Gasteiger partial charge on any atom is 0.176 e. The predicted molar refractivity (Wildman–Crippen MR) is 71.9 cm³/mol. The Bertz CT molecular complexity index is 525. The Labute approximate surface area is 112 Å². The lowest BCUT2D eigenvalue weighted by molar-refractivity contribution is 0.332. The molecule has 1 heterocycles. The fourth-order valence-electron chi connectivity index (χ4n) is 2.01. The van der Waals surface area contributed by atoms with Gasteiger partial charge in [-0.05, 0) is 25.3 Å². The molecule has 0 spiro atoms. The second kappa shape index (κ2) is 6.29. The van der Waals surface area contributed by atoms with Crippen molar-refractivity contribution in [2.24, 2.45) is 7.05 Å². The van der Waals surface area contributed by atoms with E-state index in [9.17, 15) is 0 Å². The van der Waals surface area contributed by atoms with E-state index in [1.54, 1.807) is 7.05 Å². The summed E-state index contributed by atoms with van der Waals surface area (Å²) in [6, 6.07) is 8.12. The first-order valence-corrected chi connectivity index (χ1v) is 6.36. The Balaban J connectivity index is 2.21. The molecular formula is C13H19N5O. The van der Waals surface area contributed by atoms with Gasteiger partial charge in [0.2, 0.25) is 0 Å². The van der Waals surface area contributed by atoms with Crippen LogP contribution in [-0.2, 0) is 13.5 Å². The number of nitrogens with one attached hydrogen (secondary N) is 1. The zero-order valence-corrected chi connectivity index (χ0v) is 11.5. The fraction of sp³-hybridized carbons (Fsp3) is 0.462. The molecule has 0 aliphatic carbocycles. The van der Waals surface area contributed by atoms with Crippen molar-refractivity contribution in [1.29, 1.82) is 0 Å². The summed E-state index contributed by atoms with van der Waals surface area (Å²) in [6.45, 7) is 2.63. The normalized spacial score (nSPS) is 12.4. The number of hydrogen-bond acceptors (Lipinski definition) is 5. The number of ether oxygens (including phenoxy) is 1. The summed E-state index contributed by atoms with van der Waals surface area (Å²) < 4.78 is 5.66. The highest BCUT2D eigenvalue weighted by atomic mass is 16.5. The molecule has 0 saturated heterocycles. The highest BCUT2D eigenvalue weighted by Gasteiger charge is 2.17. The van der Waals surface area contributed by atoms with Crippen LogP contribution in [0.25, 0.3) is 0 Å². The van der Waals surface area contributed by atoms with Crippen LogP contribution in [0.2, 0.25) is 0 Å². The van der Waals surface area contributed by atoms with Crippen LogP contribution in [0.1, 0.15) is 24.4 Å². The Hall–Kier alpha value is -1.95. The Kier molecular flexibility index (Phi) is 4.46. The number of likely N-dealkylation sites (N-methyl/N-ethyl adjacent to an activating group) is 1. The van der Waals surface area contributed by atoms with Crippen LogP contribution in [0.3, 0.4) is 0 Å². The molecule has 0 radical (unpaired) electrons. The fourth-order valence-corrected chi connectivity index (χ4v) is 2.01. The molecule has 0 amide bonds. The van der Waals surface area contributed by atoms with Gasteiger partial charge in [0, 0.05) is 18.0 Å². The number of aryl methyl sites for hydroxylation is 1. The average molecular weight is 261 g/mol. The molecule has 19 heavy (non-hydrogen) atoms. The number of hydrogen-bond donors (Lipinski definition) is 1. The lowest BCUT2D eigenvalue weighted by Crippen LogP contribution is -2.20. The molecule has 1 aromatic heterocycles. The van der Waals surface area contributed by atoms with E-state index in [-0.39, 0.29) is 6.04 Å². The van der Waals surface area contributed by atoms with Gasteiger partial charge in [0.25, 0.3) is 0 Å². The molecule has 0 aliphatic rings. The number of tetrazole rings is 1. The molecule has 1 N–H and O–H groups in total. The van der Waals surface area contributed by atoms with E-state index in [4.69, 9.17) is 4.74 Å². The summed E-state index contributed by atoms with van der Waals surface area (Å²) in [5, 5.41) is 15.4. The smallest absolute Gasteiger partial charge is 0.176 e. The molecule has 0 aliphatic heterocycles. The van der Waals surface area contributed by atoms with E-state index in [2.05, 4.69) is 26.8 Å². The molecule has 1 atom stereocenters. The number of para-hydroxylation sites is 1. The maximum absolute atomic E-state index is 5.66. The first kappa shape index (κ1) is 13.5. The average Bonchev–Trinajstić information content (AvgIpc) is 2.83. The van der Waals surface area contributed by atoms with Crippen molar-refractivity contribution < 1.29 is 4.74 Å². The van der Waals surface area contributed by atoms with E-state index in [1.807, 2.05) is 32.2 Å². The minimum Gasteiger partial charge on any atom is -0.494 e. The third-order valence-electron chi connectivity index (χ3n) is 2.88. The maximum atomic E-state index is 5.66. The molecule has 6 nitrogen and oxygen atoms in total. The molecule has 0 fully saturated rings. The van der Waals surface area contributed by atoms with Gasteiger partial charge in [-0.3, -0.25) is 0 Å². The summed E-state index contributed by atoms with van der Waals surface area (Å²) in [5.74, 6) is 1.61. The molecule has 1 unspecified atom stereocenters. The summed E-state index contributed by atoms with van der Waals surface area (Å²) >= 11 is 0. The van der Waals surface area contributed by atoms with Crippen LogP contribution in [0, 0.1) is 0 Å². The van der Waals surface area contributed by atoms with Crippen molar-refractivity contribution in [3.63, 3.8) is 0 Å². The number of nitrogens with zero attached hydrogens (tertiary/aromatic N) is 4. The molecule has 0 bridgehead atoms. The molecule has 1 aromatic carbocycles. The van der Waals surface area contributed by atoms with Gasteiger partial charge in [-0.15, -0.1) is 10.2 Å². The molecule has 2 aromatic rings. The van der Waals surface area contributed by atoms with E-state index in [0.717, 1.165) is 11.3 Å². The molecule has 102 valence electrons. The molecule has 2 rings (SSSR count). The number of benzene rings is 1. The standard InChI is InChI=1S/C13H19N5O/c1-4-19-12-8-6-5-7-10(12)11(14-2)9-13-15-17-18(3)16-13/h5-8,11,14H,4,9H2,1-3H3. The summed E-state index contributed by atoms with van der Waals surface area (Å²) in [4.78, 5) is 1.47. The first-order valence-electron chi connectivity index (χ1n) is 6.36. The van der Waals surface area contributed by atoms with Crippen LogP contribution in [0.5, 0.6) is 5.75 Å². The van der Waals surface area contributed by atoms with Gasteiger partial charge in [-0.25, -0.2) is 0 Å². The molecular weight excluding hydrogens is 242 g/mol. The third kappa shape index (κ3) is 3.29. The third-order valence-corrected chi connectivity index (χ3v) is 2.88.